The number of aromatic nitrogens is 1. The third-order valence-corrected chi connectivity index (χ3v) is 5.27. The Labute approximate surface area is 146 Å². The number of hydrogen-bond donors (Lipinski definition) is 1. The molecule has 0 aliphatic carbocycles. The zero-order valence-corrected chi connectivity index (χ0v) is 15.2. The van der Waals surface area contributed by atoms with Crippen molar-refractivity contribution in [3.8, 4) is 0 Å². The first-order valence-electron chi connectivity index (χ1n) is 8.29. The van der Waals surface area contributed by atoms with Crippen LogP contribution in [-0.4, -0.2) is 54.3 Å². The molecule has 1 aromatic heterocycles. The molecule has 0 spiro atoms. The van der Waals surface area contributed by atoms with Gasteiger partial charge in [0, 0.05) is 54.0 Å². The number of aliphatic hydroxyl groups excluding tert-OH is 1. The lowest BCUT2D eigenvalue weighted by Crippen LogP contribution is -2.43. The number of piperidine rings is 1. The molecule has 2 heterocycles. The summed E-state index contributed by atoms with van der Waals surface area (Å²) >= 11 is 3.57. The van der Waals surface area contributed by atoms with Crippen molar-refractivity contribution in [3.05, 3.63) is 34.9 Å². The lowest BCUT2D eigenvalue weighted by atomic mass is 10.0. The maximum Gasteiger partial charge on any atom is 0.0723 e. The van der Waals surface area contributed by atoms with Gasteiger partial charge in [-0.3, -0.25) is 4.98 Å². The van der Waals surface area contributed by atoms with Crippen LogP contribution in [0.4, 0.5) is 5.69 Å². The molecule has 0 saturated carbocycles. The van der Waals surface area contributed by atoms with Gasteiger partial charge >= 0.3 is 0 Å². The molecule has 1 fully saturated rings. The third kappa shape index (κ3) is 3.84. The van der Waals surface area contributed by atoms with Gasteiger partial charge in [0.05, 0.1) is 5.52 Å². The van der Waals surface area contributed by atoms with Gasteiger partial charge < -0.3 is 14.9 Å². The zero-order valence-electron chi connectivity index (χ0n) is 13.6. The standard InChI is InChI=1S/C18H24BrN3O/c1-21(9-2-12-23)15-6-10-22(11-7-15)18-5-8-20-17-4-3-14(19)13-16(17)18/h3-5,8,13,15,23H,2,6-7,9-12H2,1H3. The van der Waals surface area contributed by atoms with Crippen molar-refractivity contribution in [1.29, 1.82) is 0 Å². The molecule has 5 heteroatoms. The predicted octanol–water partition coefficient (Wildman–Crippen LogP) is 3.28. The molecular weight excluding hydrogens is 354 g/mol. The number of rotatable bonds is 5. The molecule has 124 valence electrons. The average molecular weight is 378 g/mol. The van der Waals surface area contributed by atoms with Crippen molar-refractivity contribution in [1.82, 2.24) is 9.88 Å². The van der Waals surface area contributed by atoms with E-state index in [1.165, 1.54) is 23.9 Å². The van der Waals surface area contributed by atoms with E-state index in [1.807, 2.05) is 12.3 Å². The maximum absolute atomic E-state index is 8.98. The first-order valence-corrected chi connectivity index (χ1v) is 9.08. The Morgan fingerprint density at radius 3 is 2.83 bits per heavy atom. The smallest absolute Gasteiger partial charge is 0.0723 e. The molecule has 3 rings (SSSR count). The van der Waals surface area contributed by atoms with Crippen molar-refractivity contribution in [3.63, 3.8) is 0 Å². The van der Waals surface area contributed by atoms with Gasteiger partial charge in [0.25, 0.3) is 0 Å². The van der Waals surface area contributed by atoms with Gasteiger partial charge in [-0.25, -0.2) is 0 Å². The van der Waals surface area contributed by atoms with E-state index in [0.29, 0.717) is 6.04 Å². The Kier molecular flexibility index (Phi) is 5.51. The number of aliphatic hydroxyl groups is 1. The summed E-state index contributed by atoms with van der Waals surface area (Å²) in [4.78, 5) is 9.35. The molecule has 0 bridgehead atoms. The lowest BCUT2D eigenvalue weighted by Gasteiger charge is -2.38. The van der Waals surface area contributed by atoms with Crippen molar-refractivity contribution in [2.45, 2.75) is 25.3 Å². The highest BCUT2D eigenvalue weighted by atomic mass is 79.9. The SMILES string of the molecule is CN(CCCO)C1CCN(c2ccnc3ccc(Br)cc23)CC1. The van der Waals surface area contributed by atoms with Crippen LogP contribution in [0.3, 0.4) is 0 Å². The number of anilines is 1. The number of benzene rings is 1. The zero-order chi connectivity index (χ0) is 16.2. The first kappa shape index (κ1) is 16.7. The summed E-state index contributed by atoms with van der Waals surface area (Å²) in [6.45, 7) is 3.40. The molecule has 1 N–H and O–H groups in total. The fraction of sp³-hybridized carbons (Fsp3) is 0.500. The van der Waals surface area contributed by atoms with E-state index in [4.69, 9.17) is 5.11 Å². The summed E-state index contributed by atoms with van der Waals surface area (Å²) in [7, 11) is 2.18. The molecule has 0 radical (unpaired) electrons. The van der Waals surface area contributed by atoms with Crippen LogP contribution in [0.2, 0.25) is 0 Å². The van der Waals surface area contributed by atoms with E-state index in [9.17, 15) is 0 Å². The Balaban J connectivity index is 1.72. The minimum absolute atomic E-state index is 0.279. The first-order chi connectivity index (χ1) is 11.2. The Morgan fingerprint density at radius 1 is 1.30 bits per heavy atom. The minimum atomic E-state index is 0.279. The van der Waals surface area contributed by atoms with E-state index >= 15 is 0 Å². The molecule has 1 aliphatic heterocycles. The molecular formula is C18H24BrN3O. The number of hydrogen-bond acceptors (Lipinski definition) is 4. The molecule has 4 nitrogen and oxygen atoms in total. The summed E-state index contributed by atoms with van der Waals surface area (Å²) in [5.41, 5.74) is 2.33. The molecule has 0 atom stereocenters. The van der Waals surface area contributed by atoms with Crippen molar-refractivity contribution >= 4 is 32.5 Å². The Hall–Kier alpha value is -1.17. The van der Waals surface area contributed by atoms with Crippen molar-refractivity contribution in [2.75, 3.05) is 38.2 Å². The second-order valence-corrected chi connectivity index (χ2v) is 7.18. The summed E-state index contributed by atoms with van der Waals surface area (Å²) in [5.74, 6) is 0. The summed E-state index contributed by atoms with van der Waals surface area (Å²) < 4.78 is 1.10. The second kappa shape index (κ2) is 7.60. The second-order valence-electron chi connectivity index (χ2n) is 6.27. The fourth-order valence-corrected chi connectivity index (χ4v) is 3.79. The summed E-state index contributed by atoms with van der Waals surface area (Å²) in [6, 6.07) is 9.03. The average Bonchev–Trinajstić information content (AvgIpc) is 2.59. The monoisotopic (exact) mass is 377 g/mol. The van der Waals surface area contributed by atoms with Gasteiger partial charge in [-0.15, -0.1) is 0 Å². The Bertz CT molecular complexity index is 656. The van der Waals surface area contributed by atoms with Crippen LogP contribution < -0.4 is 4.90 Å². The Morgan fingerprint density at radius 2 is 2.09 bits per heavy atom. The van der Waals surface area contributed by atoms with Crippen molar-refractivity contribution < 1.29 is 5.11 Å². The molecule has 1 saturated heterocycles. The van der Waals surface area contributed by atoms with Crippen LogP contribution in [-0.2, 0) is 0 Å². The van der Waals surface area contributed by atoms with Gasteiger partial charge in [-0.05, 0) is 50.6 Å². The fourth-order valence-electron chi connectivity index (χ4n) is 3.43. The van der Waals surface area contributed by atoms with Gasteiger partial charge in [0.1, 0.15) is 0 Å². The molecule has 23 heavy (non-hydrogen) atoms. The van der Waals surface area contributed by atoms with E-state index in [-0.39, 0.29) is 6.61 Å². The van der Waals surface area contributed by atoms with Gasteiger partial charge in [0.2, 0.25) is 0 Å². The van der Waals surface area contributed by atoms with Crippen molar-refractivity contribution in [2.24, 2.45) is 0 Å². The van der Waals surface area contributed by atoms with Crippen LogP contribution in [0.25, 0.3) is 10.9 Å². The maximum atomic E-state index is 8.98. The third-order valence-electron chi connectivity index (χ3n) is 4.78. The van der Waals surface area contributed by atoms with Gasteiger partial charge in [0.15, 0.2) is 0 Å². The largest absolute Gasteiger partial charge is 0.396 e. The van der Waals surface area contributed by atoms with Crippen LogP contribution in [0.15, 0.2) is 34.9 Å². The highest BCUT2D eigenvalue weighted by Gasteiger charge is 2.23. The quantitative estimate of drug-likeness (QED) is 0.867. The summed E-state index contributed by atoms with van der Waals surface area (Å²) in [6.07, 6.45) is 5.10. The lowest BCUT2D eigenvalue weighted by molar-refractivity contribution is 0.184. The molecule has 2 aromatic rings. The van der Waals surface area contributed by atoms with E-state index in [0.717, 1.165) is 36.0 Å². The molecule has 0 unspecified atom stereocenters. The van der Waals surface area contributed by atoms with Gasteiger partial charge in [-0.2, -0.15) is 0 Å². The number of nitrogens with zero attached hydrogens (tertiary/aromatic N) is 3. The van der Waals surface area contributed by atoms with E-state index in [2.05, 4.69) is 56.0 Å². The van der Waals surface area contributed by atoms with Crippen LogP contribution in [0.5, 0.6) is 0 Å². The highest BCUT2D eigenvalue weighted by Crippen LogP contribution is 2.30. The normalized spacial score (nSPS) is 16.4. The number of fused-ring (bicyclic) bond motifs is 1. The summed E-state index contributed by atoms with van der Waals surface area (Å²) in [5, 5.41) is 10.2. The van der Waals surface area contributed by atoms with Crippen LogP contribution >= 0.6 is 15.9 Å². The predicted molar refractivity (Wildman–Crippen MR) is 99.0 cm³/mol. The van der Waals surface area contributed by atoms with E-state index in [1.54, 1.807) is 0 Å². The van der Waals surface area contributed by atoms with E-state index < -0.39 is 0 Å². The topological polar surface area (TPSA) is 39.6 Å². The minimum Gasteiger partial charge on any atom is -0.396 e. The molecule has 0 amide bonds. The van der Waals surface area contributed by atoms with Crippen LogP contribution in [0, 0.1) is 0 Å². The molecule has 1 aliphatic rings. The number of halogens is 1. The van der Waals surface area contributed by atoms with Gasteiger partial charge in [-0.1, -0.05) is 15.9 Å². The molecule has 1 aromatic carbocycles. The highest BCUT2D eigenvalue weighted by molar-refractivity contribution is 9.10. The van der Waals surface area contributed by atoms with Crippen LogP contribution in [0.1, 0.15) is 19.3 Å². The number of pyridine rings is 1.